The van der Waals surface area contributed by atoms with Gasteiger partial charge in [-0.1, -0.05) is 49.7 Å². The van der Waals surface area contributed by atoms with Crippen LogP contribution in [0.4, 0.5) is 13.2 Å². The standard InChI is InChI=1S/C26H25ClF3NO4S/c1-4-35-23-12-10-19(27)15-21(23)17-9-11-20(18(14-17)13-16(2)3)25(32)31-36(33,34)24-8-6-5-7-22(24)26(28,29)30/h5-12,14-16H,4,13H2,1-3H3,(H,31,32). The molecule has 0 radical (unpaired) electrons. The number of ether oxygens (including phenoxy) is 1. The summed E-state index contributed by atoms with van der Waals surface area (Å²) in [4.78, 5) is 12.0. The van der Waals surface area contributed by atoms with Crippen LogP contribution in [-0.2, 0) is 22.6 Å². The molecule has 0 spiro atoms. The molecule has 0 atom stereocenters. The predicted octanol–water partition coefficient (Wildman–Crippen LogP) is 6.74. The Morgan fingerprint density at radius 1 is 1.06 bits per heavy atom. The molecular formula is C26H25ClF3NO4S. The second-order valence-electron chi connectivity index (χ2n) is 8.47. The van der Waals surface area contributed by atoms with Crippen molar-refractivity contribution in [3.05, 3.63) is 82.4 Å². The molecule has 1 N–H and O–H groups in total. The van der Waals surface area contributed by atoms with Crippen molar-refractivity contribution in [2.24, 2.45) is 5.92 Å². The van der Waals surface area contributed by atoms with Crippen LogP contribution in [0.2, 0.25) is 5.02 Å². The molecule has 0 saturated heterocycles. The number of carbonyl (C=O) groups is 1. The van der Waals surface area contributed by atoms with Crippen LogP contribution >= 0.6 is 11.6 Å². The summed E-state index contributed by atoms with van der Waals surface area (Å²) in [6.45, 7) is 6.12. The number of alkyl halides is 3. The predicted molar refractivity (Wildman–Crippen MR) is 133 cm³/mol. The van der Waals surface area contributed by atoms with Crippen molar-refractivity contribution in [2.75, 3.05) is 6.61 Å². The first-order valence-corrected chi connectivity index (χ1v) is 13.0. The van der Waals surface area contributed by atoms with Crippen molar-refractivity contribution in [2.45, 2.75) is 38.3 Å². The van der Waals surface area contributed by atoms with E-state index in [2.05, 4.69) is 0 Å². The van der Waals surface area contributed by atoms with E-state index >= 15 is 0 Å². The van der Waals surface area contributed by atoms with Crippen LogP contribution in [0, 0.1) is 5.92 Å². The van der Waals surface area contributed by atoms with Gasteiger partial charge in [-0.15, -0.1) is 0 Å². The zero-order valence-corrected chi connectivity index (χ0v) is 21.4. The lowest BCUT2D eigenvalue weighted by atomic mass is 9.93. The molecule has 10 heteroatoms. The third-order valence-corrected chi connectivity index (χ3v) is 6.86. The van der Waals surface area contributed by atoms with E-state index in [0.29, 0.717) is 46.6 Å². The first kappa shape index (κ1) is 27.5. The van der Waals surface area contributed by atoms with Crippen molar-refractivity contribution < 1.29 is 31.1 Å². The molecule has 0 saturated carbocycles. The average Bonchev–Trinajstić information content (AvgIpc) is 2.79. The highest BCUT2D eigenvalue weighted by molar-refractivity contribution is 7.90. The number of carbonyl (C=O) groups excluding carboxylic acids is 1. The maximum absolute atomic E-state index is 13.4. The highest BCUT2D eigenvalue weighted by Gasteiger charge is 2.37. The van der Waals surface area contributed by atoms with Crippen LogP contribution in [0.5, 0.6) is 5.75 Å². The lowest BCUT2D eigenvalue weighted by Gasteiger charge is -2.17. The third kappa shape index (κ3) is 6.39. The molecule has 0 unspecified atom stereocenters. The Morgan fingerprint density at radius 3 is 2.39 bits per heavy atom. The third-order valence-electron chi connectivity index (χ3n) is 5.24. The Hall–Kier alpha value is -3.04. The van der Waals surface area contributed by atoms with E-state index in [0.717, 1.165) is 18.2 Å². The minimum Gasteiger partial charge on any atom is -0.493 e. The van der Waals surface area contributed by atoms with Gasteiger partial charge in [-0.2, -0.15) is 13.2 Å². The largest absolute Gasteiger partial charge is 0.493 e. The van der Waals surface area contributed by atoms with Crippen LogP contribution in [0.25, 0.3) is 11.1 Å². The Balaban J connectivity index is 2.04. The van der Waals surface area contributed by atoms with Crippen molar-refractivity contribution in [3.63, 3.8) is 0 Å². The molecule has 0 bridgehead atoms. The summed E-state index contributed by atoms with van der Waals surface area (Å²) >= 11 is 6.18. The molecule has 0 aliphatic rings. The Kier molecular flexibility index (Phi) is 8.36. The van der Waals surface area contributed by atoms with Crippen molar-refractivity contribution in [3.8, 4) is 16.9 Å². The SMILES string of the molecule is CCOc1ccc(Cl)cc1-c1ccc(C(=O)NS(=O)(=O)c2ccccc2C(F)(F)F)c(CC(C)C)c1. The molecular weight excluding hydrogens is 515 g/mol. The molecule has 3 aromatic carbocycles. The van der Waals surface area contributed by atoms with Gasteiger partial charge in [-0.05, 0) is 66.8 Å². The Bertz CT molecular complexity index is 1370. The summed E-state index contributed by atoms with van der Waals surface area (Å²) in [6, 6.07) is 13.6. The zero-order valence-electron chi connectivity index (χ0n) is 19.8. The van der Waals surface area contributed by atoms with Crippen LogP contribution in [0.15, 0.2) is 65.6 Å². The summed E-state index contributed by atoms with van der Waals surface area (Å²) in [5.74, 6) is -0.341. The van der Waals surface area contributed by atoms with Crippen LogP contribution < -0.4 is 9.46 Å². The van der Waals surface area contributed by atoms with E-state index in [4.69, 9.17) is 16.3 Å². The summed E-state index contributed by atoms with van der Waals surface area (Å²) < 4.78 is 73.2. The number of benzene rings is 3. The quantitative estimate of drug-likeness (QED) is 0.344. The van der Waals surface area contributed by atoms with Gasteiger partial charge in [-0.25, -0.2) is 13.1 Å². The lowest BCUT2D eigenvalue weighted by Crippen LogP contribution is -2.32. The molecule has 0 aliphatic heterocycles. The maximum atomic E-state index is 13.4. The lowest BCUT2D eigenvalue weighted by molar-refractivity contribution is -0.139. The molecule has 1 amide bonds. The van der Waals surface area contributed by atoms with E-state index < -0.39 is 32.6 Å². The van der Waals surface area contributed by atoms with Crippen molar-refractivity contribution in [1.82, 2.24) is 4.72 Å². The van der Waals surface area contributed by atoms with Gasteiger partial charge >= 0.3 is 6.18 Å². The van der Waals surface area contributed by atoms with E-state index in [1.165, 1.54) is 6.07 Å². The Morgan fingerprint density at radius 2 is 1.75 bits per heavy atom. The second kappa shape index (κ2) is 10.9. The average molecular weight is 540 g/mol. The normalized spacial score (nSPS) is 12.0. The van der Waals surface area contributed by atoms with Gasteiger partial charge in [0, 0.05) is 16.1 Å². The maximum Gasteiger partial charge on any atom is 0.417 e. The molecule has 0 aromatic heterocycles. The molecule has 0 aliphatic carbocycles. The first-order valence-electron chi connectivity index (χ1n) is 11.1. The van der Waals surface area contributed by atoms with Gasteiger partial charge in [0.2, 0.25) is 0 Å². The number of hydrogen-bond donors (Lipinski definition) is 1. The minimum absolute atomic E-state index is 0.0421. The smallest absolute Gasteiger partial charge is 0.417 e. The van der Waals surface area contributed by atoms with Gasteiger partial charge in [0.15, 0.2) is 0 Å². The molecule has 3 rings (SSSR count). The molecule has 192 valence electrons. The first-order chi connectivity index (χ1) is 16.8. The summed E-state index contributed by atoms with van der Waals surface area (Å²) in [5, 5.41) is 0.482. The fourth-order valence-corrected chi connectivity index (χ4v) is 5.13. The monoisotopic (exact) mass is 539 g/mol. The van der Waals surface area contributed by atoms with E-state index in [9.17, 15) is 26.4 Å². The fourth-order valence-electron chi connectivity index (χ4n) is 3.77. The van der Waals surface area contributed by atoms with E-state index in [1.54, 1.807) is 35.1 Å². The van der Waals surface area contributed by atoms with Gasteiger partial charge in [-0.3, -0.25) is 4.79 Å². The van der Waals surface area contributed by atoms with E-state index in [-0.39, 0.29) is 11.5 Å². The van der Waals surface area contributed by atoms with Crippen LogP contribution in [0.3, 0.4) is 0 Å². The summed E-state index contributed by atoms with van der Waals surface area (Å²) in [5.41, 5.74) is 0.598. The number of hydrogen-bond acceptors (Lipinski definition) is 4. The number of halogens is 4. The molecule has 3 aromatic rings. The van der Waals surface area contributed by atoms with Crippen LogP contribution in [0.1, 0.15) is 42.3 Å². The van der Waals surface area contributed by atoms with Gasteiger partial charge in [0.05, 0.1) is 17.1 Å². The van der Waals surface area contributed by atoms with Crippen molar-refractivity contribution in [1.29, 1.82) is 0 Å². The Labute approximate surface area is 213 Å². The van der Waals surface area contributed by atoms with Gasteiger partial charge in [0.1, 0.15) is 5.75 Å². The van der Waals surface area contributed by atoms with Crippen molar-refractivity contribution >= 4 is 27.5 Å². The van der Waals surface area contributed by atoms with E-state index in [1.807, 2.05) is 20.8 Å². The molecule has 0 fully saturated rings. The number of nitrogens with one attached hydrogen (secondary N) is 1. The van der Waals surface area contributed by atoms with Gasteiger partial charge < -0.3 is 4.74 Å². The number of amides is 1. The molecule has 0 heterocycles. The molecule has 36 heavy (non-hydrogen) atoms. The highest BCUT2D eigenvalue weighted by atomic mass is 35.5. The highest BCUT2D eigenvalue weighted by Crippen LogP contribution is 2.36. The minimum atomic E-state index is -4.91. The number of sulfonamides is 1. The topological polar surface area (TPSA) is 72.5 Å². The second-order valence-corrected chi connectivity index (χ2v) is 10.6. The van der Waals surface area contributed by atoms with Crippen LogP contribution in [-0.4, -0.2) is 20.9 Å². The number of rotatable bonds is 8. The van der Waals surface area contributed by atoms with Gasteiger partial charge in [0.25, 0.3) is 15.9 Å². The summed E-state index contributed by atoms with van der Waals surface area (Å²) in [7, 11) is -4.81. The summed E-state index contributed by atoms with van der Waals surface area (Å²) in [6.07, 6.45) is -4.49. The fraction of sp³-hybridized carbons (Fsp3) is 0.269. The zero-order chi connectivity index (χ0) is 26.7. The molecule has 5 nitrogen and oxygen atoms in total.